The number of hydrogen-bond donors (Lipinski definition) is 2. The molecule has 0 aliphatic carbocycles. The number of non-ortho nitro benzene ring substituents is 1. The number of rotatable bonds is 5. The summed E-state index contributed by atoms with van der Waals surface area (Å²) < 4.78 is 5.58. The maximum atomic E-state index is 12.1. The maximum Gasteiger partial charge on any atom is 0.279 e. The van der Waals surface area contributed by atoms with Crippen molar-refractivity contribution in [2.24, 2.45) is 0 Å². The molecular weight excluding hydrogens is 362 g/mol. The highest BCUT2D eigenvalue weighted by Gasteiger charge is 2.18. The van der Waals surface area contributed by atoms with E-state index >= 15 is 0 Å². The fourth-order valence-corrected chi connectivity index (χ4v) is 2.34. The molecule has 0 heterocycles. The van der Waals surface area contributed by atoms with Gasteiger partial charge < -0.3 is 4.74 Å². The van der Waals surface area contributed by atoms with E-state index in [1.54, 1.807) is 19.1 Å². The first-order valence-corrected chi connectivity index (χ1v) is 8.70. The molecule has 0 fully saturated rings. The molecule has 2 aromatic carbocycles. The fourth-order valence-electron chi connectivity index (χ4n) is 2.34. The summed E-state index contributed by atoms with van der Waals surface area (Å²) in [4.78, 5) is 34.3. The molecular formula is C20H23N3O5. The second-order valence-electron chi connectivity index (χ2n) is 7.29. The van der Waals surface area contributed by atoms with Gasteiger partial charge in [0.2, 0.25) is 0 Å². The summed E-state index contributed by atoms with van der Waals surface area (Å²) in [5.41, 5.74) is 5.47. The summed E-state index contributed by atoms with van der Waals surface area (Å²) in [6.07, 6.45) is -0.856. The van der Waals surface area contributed by atoms with Gasteiger partial charge in [-0.05, 0) is 36.1 Å². The third kappa shape index (κ3) is 5.54. The van der Waals surface area contributed by atoms with Crippen molar-refractivity contribution in [3.8, 4) is 5.75 Å². The first-order valence-electron chi connectivity index (χ1n) is 8.70. The van der Waals surface area contributed by atoms with Gasteiger partial charge in [-0.2, -0.15) is 0 Å². The first kappa shape index (κ1) is 20.9. The Labute approximate surface area is 163 Å². The number of nitro benzene ring substituents is 1. The third-order valence-electron chi connectivity index (χ3n) is 4.02. The third-order valence-corrected chi connectivity index (χ3v) is 4.02. The van der Waals surface area contributed by atoms with Crippen LogP contribution >= 0.6 is 0 Å². The number of nitrogens with one attached hydrogen (secondary N) is 2. The highest BCUT2D eigenvalue weighted by atomic mass is 16.6. The van der Waals surface area contributed by atoms with E-state index < -0.39 is 22.8 Å². The number of hydrazine groups is 1. The van der Waals surface area contributed by atoms with Gasteiger partial charge in [0, 0.05) is 17.7 Å². The number of carbonyl (C=O) groups excluding carboxylic acids is 2. The molecule has 2 aromatic rings. The molecule has 1 atom stereocenters. The smallest absolute Gasteiger partial charge is 0.279 e. The van der Waals surface area contributed by atoms with Crippen molar-refractivity contribution >= 4 is 17.5 Å². The lowest BCUT2D eigenvalue weighted by atomic mass is 9.87. The Balaban J connectivity index is 1.91. The van der Waals surface area contributed by atoms with Crippen LogP contribution in [-0.2, 0) is 10.2 Å². The van der Waals surface area contributed by atoms with E-state index in [1.165, 1.54) is 18.2 Å². The molecule has 0 saturated heterocycles. The van der Waals surface area contributed by atoms with Crippen LogP contribution in [0.1, 0.15) is 43.6 Å². The average Bonchev–Trinajstić information content (AvgIpc) is 2.65. The van der Waals surface area contributed by atoms with Gasteiger partial charge in [-0.15, -0.1) is 0 Å². The van der Waals surface area contributed by atoms with Gasteiger partial charge in [0.25, 0.3) is 17.5 Å². The van der Waals surface area contributed by atoms with Crippen molar-refractivity contribution in [2.45, 2.75) is 39.2 Å². The molecule has 28 heavy (non-hydrogen) atoms. The summed E-state index contributed by atoms with van der Waals surface area (Å²) in [5, 5.41) is 10.8. The molecule has 0 spiro atoms. The number of carbonyl (C=O) groups is 2. The molecule has 2 rings (SSSR count). The fraction of sp³-hybridized carbons (Fsp3) is 0.300. The van der Waals surface area contributed by atoms with Crippen molar-refractivity contribution < 1.29 is 19.2 Å². The molecule has 8 heteroatoms. The average molecular weight is 385 g/mol. The van der Waals surface area contributed by atoms with Crippen LogP contribution in [0.25, 0.3) is 0 Å². The van der Waals surface area contributed by atoms with E-state index in [2.05, 4.69) is 31.6 Å². The number of ether oxygens (including phenoxy) is 1. The van der Waals surface area contributed by atoms with E-state index in [0.717, 1.165) is 11.6 Å². The SMILES string of the molecule is CC(Oc1ccc(C(C)(C)C)cc1)C(=O)NNC(=O)c1cccc([N+](=O)[O-])c1. The predicted molar refractivity (Wildman–Crippen MR) is 104 cm³/mol. The van der Waals surface area contributed by atoms with E-state index in [0.29, 0.717) is 5.75 Å². The zero-order valence-electron chi connectivity index (χ0n) is 16.2. The summed E-state index contributed by atoms with van der Waals surface area (Å²) in [7, 11) is 0. The van der Waals surface area contributed by atoms with Gasteiger partial charge in [-0.3, -0.25) is 30.6 Å². The lowest BCUT2D eigenvalue weighted by Gasteiger charge is -2.20. The number of nitrogens with zero attached hydrogens (tertiary/aromatic N) is 1. The molecule has 0 aliphatic rings. The second kappa shape index (κ2) is 8.51. The Morgan fingerprint density at radius 3 is 2.29 bits per heavy atom. The summed E-state index contributed by atoms with van der Waals surface area (Å²) in [6.45, 7) is 7.85. The van der Waals surface area contributed by atoms with E-state index in [4.69, 9.17) is 4.74 Å². The maximum absolute atomic E-state index is 12.1. The summed E-state index contributed by atoms with van der Waals surface area (Å²) in [6, 6.07) is 12.6. The molecule has 0 aliphatic heterocycles. The zero-order chi connectivity index (χ0) is 20.9. The number of amides is 2. The number of benzene rings is 2. The highest BCUT2D eigenvalue weighted by molar-refractivity contribution is 5.96. The Morgan fingerprint density at radius 1 is 1.07 bits per heavy atom. The lowest BCUT2D eigenvalue weighted by molar-refractivity contribution is -0.384. The van der Waals surface area contributed by atoms with Crippen molar-refractivity contribution in [1.82, 2.24) is 10.9 Å². The van der Waals surface area contributed by atoms with E-state index in [-0.39, 0.29) is 16.7 Å². The zero-order valence-corrected chi connectivity index (χ0v) is 16.2. The van der Waals surface area contributed by atoms with Crippen LogP contribution in [0, 0.1) is 10.1 Å². The van der Waals surface area contributed by atoms with Gasteiger partial charge >= 0.3 is 0 Å². The molecule has 1 unspecified atom stereocenters. The van der Waals surface area contributed by atoms with Crippen LogP contribution in [0.15, 0.2) is 48.5 Å². The Kier molecular flexibility index (Phi) is 6.35. The Bertz CT molecular complexity index is 872. The molecule has 0 radical (unpaired) electrons. The minimum Gasteiger partial charge on any atom is -0.481 e. The Hall–Kier alpha value is -3.42. The summed E-state index contributed by atoms with van der Waals surface area (Å²) >= 11 is 0. The van der Waals surface area contributed by atoms with Gasteiger partial charge in [0.1, 0.15) is 5.75 Å². The first-order chi connectivity index (χ1) is 13.1. The predicted octanol–water partition coefficient (Wildman–Crippen LogP) is 3.12. The number of nitro groups is 1. The molecule has 2 N–H and O–H groups in total. The molecule has 0 bridgehead atoms. The molecule has 0 aromatic heterocycles. The normalized spacial score (nSPS) is 12.0. The standard InChI is InChI=1S/C20H23N3O5/c1-13(28-17-10-8-15(9-11-17)20(2,3)4)18(24)21-22-19(25)14-6-5-7-16(12-14)23(26)27/h5-13H,1-4H3,(H,21,24)(H,22,25). The van der Waals surface area contributed by atoms with Crippen molar-refractivity contribution in [2.75, 3.05) is 0 Å². The van der Waals surface area contributed by atoms with Gasteiger partial charge in [-0.25, -0.2) is 0 Å². The van der Waals surface area contributed by atoms with Gasteiger partial charge in [-0.1, -0.05) is 39.0 Å². The lowest BCUT2D eigenvalue weighted by Crippen LogP contribution is -2.47. The van der Waals surface area contributed by atoms with Crippen molar-refractivity contribution in [3.05, 3.63) is 69.8 Å². The van der Waals surface area contributed by atoms with Crippen LogP contribution in [0.2, 0.25) is 0 Å². The van der Waals surface area contributed by atoms with Crippen molar-refractivity contribution in [3.63, 3.8) is 0 Å². The molecule has 148 valence electrons. The molecule has 8 nitrogen and oxygen atoms in total. The van der Waals surface area contributed by atoms with Crippen LogP contribution in [0.4, 0.5) is 5.69 Å². The molecule has 2 amide bonds. The summed E-state index contributed by atoms with van der Waals surface area (Å²) in [5.74, 6) is -0.696. The van der Waals surface area contributed by atoms with E-state index in [1.807, 2.05) is 12.1 Å². The van der Waals surface area contributed by atoms with Gasteiger partial charge in [0.05, 0.1) is 4.92 Å². The quantitative estimate of drug-likeness (QED) is 0.607. The minimum atomic E-state index is -0.856. The van der Waals surface area contributed by atoms with Crippen LogP contribution in [0.5, 0.6) is 5.75 Å². The van der Waals surface area contributed by atoms with Crippen molar-refractivity contribution in [1.29, 1.82) is 0 Å². The Morgan fingerprint density at radius 2 is 1.71 bits per heavy atom. The van der Waals surface area contributed by atoms with Gasteiger partial charge in [0.15, 0.2) is 6.10 Å². The monoisotopic (exact) mass is 385 g/mol. The topological polar surface area (TPSA) is 111 Å². The highest BCUT2D eigenvalue weighted by Crippen LogP contribution is 2.24. The number of hydrogen-bond acceptors (Lipinski definition) is 5. The largest absolute Gasteiger partial charge is 0.481 e. The van der Waals surface area contributed by atoms with Crippen LogP contribution < -0.4 is 15.6 Å². The molecule has 0 saturated carbocycles. The van der Waals surface area contributed by atoms with E-state index in [9.17, 15) is 19.7 Å². The van der Waals surface area contributed by atoms with Crippen LogP contribution in [0.3, 0.4) is 0 Å². The minimum absolute atomic E-state index is 0.0122. The van der Waals surface area contributed by atoms with Crippen LogP contribution in [-0.4, -0.2) is 22.8 Å². The second-order valence-corrected chi connectivity index (χ2v) is 7.29.